The predicted octanol–water partition coefficient (Wildman–Crippen LogP) is 1.71. The number of hydrogen-bond acceptors (Lipinski definition) is 5. The van der Waals surface area contributed by atoms with Crippen molar-refractivity contribution < 1.29 is 9.53 Å². The molecule has 0 bridgehead atoms. The maximum atomic E-state index is 11.9. The second-order valence-corrected chi connectivity index (χ2v) is 5.56. The number of nitrogens with two attached hydrogens (primary N) is 1. The van der Waals surface area contributed by atoms with Gasteiger partial charge in [0.1, 0.15) is 11.6 Å². The summed E-state index contributed by atoms with van der Waals surface area (Å²) >= 11 is 0. The highest BCUT2D eigenvalue weighted by Crippen LogP contribution is 2.26. The van der Waals surface area contributed by atoms with Crippen LogP contribution in [-0.2, 0) is 4.74 Å². The molecule has 2 N–H and O–H groups in total. The van der Waals surface area contributed by atoms with Crippen LogP contribution in [0.1, 0.15) is 43.1 Å². The first kappa shape index (κ1) is 16.5. The molecule has 0 aromatic carbocycles. The fourth-order valence-electron chi connectivity index (χ4n) is 2.29. The maximum Gasteiger partial charge on any atom is 0.360 e. The molecular formula is C14H26N4O2. The molecule has 0 aliphatic heterocycles. The predicted molar refractivity (Wildman–Crippen MR) is 79.8 cm³/mol. The zero-order chi connectivity index (χ0) is 15.4. The molecule has 6 nitrogen and oxygen atoms in total. The van der Waals surface area contributed by atoms with E-state index in [4.69, 9.17) is 10.5 Å². The van der Waals surface area contributed by atoms with Gasteiger partial charge in [-0.05, 0) is 33.9 Å². The molecule has 1 unspecified atom stereocenters. The van der Waals surface area contributed by atoms with Gasteiger partial charge in [0.15, 0.2) is 5.69 Å². The number of hydrogen-bond donors (Lipinski definition) is 1. The zero-order valence-corrected chi connectivity index (χ0v) is 13.3. The first-order chi connectivity index (χ1) is 9.29. The summed E-state index contributed by atoms with van der Waals surface area (Å²) in [4.78, 5) is 18.2. The van der Waals surface area contributed by atoms with Crippen LogP contribution < -0.4 is 5.73 Å². The van der Waals surface area contributed by atoms with Crippen LogP contribution in [0.3, 0.4) is 0 Å². The number of imidazole rings is 1. The minimum absolute atomic E-state index is 0.167. The summed E-state index contributed by atoms with van der Waals surface area (Å²) in [6, 6.07) is 0.167. The summed E-state index contributed by atoms with van der Waals surface area (Å²) in [6.45, 7) is 9.05. The average Bonchev–Trinajstić information content (AvgIpc) is 2.62. The molecule has 0 fully saturated rings. The smallest absolute Gasteiger partial charge is 0.360 e. The van der Waals surface area contributed by atoms with E-state index >= 15 is 0 Å². The molecule has 1 rings (SSSR count). The third-order valence-corrected chi connectivity index (χ3v) is 3.25. The van der Waals surface area contributed by atoms with Crippen LogP contribution >= 0.6 is 0 Å². The number of nitrogen functional groups attached to an aromatic ring is 1. The number of likely N-dealkylation sites (N-methyl/N-ethyl adjacent to an activating group) is 1. The molecule has 0 spiro atoms. The van der Waals surface area contributed by atoms with Crippen molar-refractivity contribution >= 4 is 11.8 Å². The van der Waals surface area contributed by atoms with Crippen LogP contribution in [0, 0.1) is 12.8 Å². The molecule has 1 aromatic heterocycles. The Labute approximate surface area is 120 Å². The minimum atomic E-state index is -0.459. The number of nitrogens with zero attached hydrogens (tertiary/aromatic N) is 3. The Morgan fingerprint density at radius 1 is 1.45 bits per heavy atom. The molecule has 1 aromatic rings. The fourth-order valence-corrected chi connectivity index (χ4v) is 2.29. The molecule has 0 aliphatic carbocycles. The van der Waals surface area contributed by atoms with E-state index in [1.807, 2.05) is 25.6 Å². The summed E-state index contributed by atoms with van der Waals surface area (Å²) < 4.78 is 6.93. The highest BCUT2D eigenvalue weighted by Gasteiger charge is 2.26. The Morgan fingerprint density at radius 3 is 2.50 bits per heavy atom. The van der Waals surface area contributed by atoms with Gasteiger partial charge in [0.05, 0.1) is 12.6 Å². The van der Waals surface area contributed by atoms with Crippen molar-refractivity contribution in [2.75, 3.05) is 33.0 Å². The number of anilines is 1. The number of ether oxygens (including phenoxy) is 1. The minimum Gasteiger partial charge on any atom is -0.461 e. The highest BCUT2D eigenvalue weighted by molar-refractivity contribution is 5.92. The standard InChI is InChI=1S/C14H26N4O2/c1-7-20-14(19)12-13(15)18(10(4)16-12)11(9(2)3)8-17(5)6/h9,11H,7-8,15H2,1-6H3. The lowest BCUT2D eigenvalue weighted by Gasteiger charge is -2.27. The molecule has 20 heavy (non-hydrogen) atoms. The van der Waals surface area contributed by atoms with E-state index in [1.54, 1.807) is 6.92 Å². The molecule has 0 saturated heterocycles. The van der Waals surface area contributed by atoms with Crippen molar-refractivity contribution in [3.63, 3.8) is 0 Å². The maximum absolute atomic E-state index is 11.9. The van der Waals surface area contributed by atoms with Crippen LogP contribution in [0.25, 0.3) is 0 Å². The monoisotopic (exact) mass is 282 g/mol. The van der Waals surface area contributed by atoms with Crippen LogP contribution in [0.4, 0.5) is 5.82 Å². The van der Waals surface area contributed by atoms with Crippen molar-refractivity contribution in [3.05, 3.63) is 11.5 Å². The van der Waals surface area contributed by atoms with E-state index < -0.39 is 5.97 Å². The van der Waals surface area contributed by atoms with Crippen LogP contribution in [0.15, 0.2) is 0 Å². The Hall–Kier alpha value is -1.56. The normalized spacial score (nSPS) is 13.0. The first-order valence-corrected chi connectivity index (χ1v) is 6.95. The third-order valence-electron chi connectivity index (χ3n) is 3.25. The molecule has 1 atom stereocenters. The van der Waals surface area contributed by atoms with Gasteiger partial charge >= 0.3 is 5.97 Å². The van der Waals surface area contributed by atoms with Gasteiger partial charge in [0, 0.05) is 6.54 Å². The van der Waals surface area contributed by atoms with Crippen molar-refractivity contribution in [1.29, 1.82) is 0 Å². The summed E-state index contributed by atoms with van der Waals surface area (Å²) in [5.74, 6) is 1.05. The lowest BCUT2D eigenvalue weighted by molar-refractivity contribution is 0.0521. The second kappa shape index (κ2) is 6.74. The molecule has 0 aliphatic rings. The summed E-state index contributed by atoms with van der Waals surface area (Å²) in [6.07, 6.45) is 0. The lowest BCUT2D eigenvalue weighted by atomic mass is 10.0. The van der Waals surface area contributed by atoms with E-state index in [2.05, 4.69) is 23.7 Å². The van der Waals surface area contributed by atoms with Crippen molar-refractivity contribution in [2.45, 2.75) is 33.7 Å². The Bertz CT molecular complexity index is 466. The molecule has 0 amide bonds. The van der Waals surface area contributed by atoms with Gasteiger partial charge < -0.3 is 19.9 Å². The van der Waals surface area contributed by atoms with Crippen LogP contribution in [0.2, 0.25) is 0 Å². The largest absolute Gasteiger partial charge is 0.461 e. The number of aromatic nitrogens is 2. The fraction of sp³-hybridized carbons (Fsp3) is 0.714. The number of carbonyl (C=O) groups excluding carboxylic acids is 1. The van der Waals surface area contributed by atoms with Crippen molar-refractivity contribution in [3.8, 4) is 0 Å². The molecule has 0 radical (unpaired) electrons. The van der Waals surface area contributed by atoms with Gasteiger partial charge in [-0.3, -0.25) is 0 Å². The Kier molecular flexibility index (Phi) is 5.56. The van der Waals surface area contributed by atoms with E-state index in [1.165, 1.54) is 0 Å². The summed E-state index contributed by atoms with van der Waals surface area (Å²) in [7, 11) is 4.04. The second-order valence-electron chi connectivity index (χ2n) is 5.56. The lowest BCUT2D eigenvalue weighted by Crippen LogP contribution is -2.29. The topological polar surface area (TPSA) is 73.4 Å². The molecule has 6 heteroatoms. The van der Waals surface area contributed by atoms with Crippen molar-refractivity contribution in [2.24, 2.45) is 5.92 Å². The summed E-state index contributed by atoms with van der Waals surface area (Å²) in [5.41, 5.74) is 6.35. The van der Waals surface area contributed by atoms with Gasteiger partial charge in [0.2, 0.25) is 0 Å². The number of esters is 1. The number of rotatable bonds is 6. The highest BCUT2D eigenvalue weighted by atomic mass is 16.5. The van der Waals surface area contributed by atoms with Gasteiger partial charge in [-0.2, -0.15) is 0 Å². The Morgan fingerprint density at radius 2 is 2.05 bits per heavy atom. The van der Waals surface area contributed by atoms with E-state index in [9.17, 15) is 4.79 Å². The molecule has 114 valence electrons. The molecule has 0 saturated carbocycles. The quantitative estimate of drug-likeness (QED) is 0.804. The zero-order valence-electron chi connectivity index (χ0n) is 13.3. The number of carbonyl (C=O) groups is 1. The average molecular weight is 282 g/mol. The van der Waals surface area contributed by atoms with E-state index in [-0.39, 0.29) is 11.7 Å². The van der Waals surface area contributed by atoms with Gasteiger partial charge in [-0.15, -0.1) is 0 Å². The van der Waals surface area contributed by atoms with Crippen LogP contribution in [0.5, 0.6) is 0 Å². The molecule has 1 heterocycles. The molecular weight excluding hydrogens is 256 g/mol. The number of aryl methyl sites for hydroxylation is 1. The van der Waals surface area contributed by atoms with Crippen LogP contribution in [-0.4, -0.2) is 47.7 Å². The van der Waals surface area contributed by atoms with E-state index in [0.717, 1.165) is 12.4 Å². The first-order valence-electron chi connectivity index (χ1n) is 6.95. The van der Waals surface area contributed by atoms with Crippen molar-refractivity contribution in [1.82, 2.24) is 14.5 Å². The van der Waals surface area contributed by atoms with Gasteiger partial charge in [0.25, 0.3) is 0 Å². The summed E-state index contributed by atoms with van der Waals surface area (Å²) in [5, 5.41) is 0. The van der Waals surface area contributed by atoms with Gasteiger partial charge in [-0.25, -0.2) is 9.78 Å². The SMILES string of the molecule is CCOC(=O)c1nc(C)n(C(CN(C)C)C(C)C)c1N. The van der Waals surface area contributed by atoms with Gasteiger partial charge in [-0.1, -0.05) is 13.8 Å². The van der Waals surface area contributed by atoms with E-state index in [0.29, 0.717) is 18.3 Å². The Balaban J connectivity index is 3.19. The third kappa shape index (κ3) is 3.50.